The van der Waals surface area contributed by atoms with Crippen LogP contribution < -0.4 is 9.46 Å². The normalized spacial score (nSPS) is 12.7. The Kier molecular flexibility index (Phi) is 4.63. The van der Waals surface area contributed by atoms with E-state index in [1.807, 2.05) is 4.72 Å². The summed E-state index contributed by atoms with van der Waals surface area (Å²) in [6, 6.07) is 1.62. The third kappa shape index (κ3) is 3.42. The van der Waals surface area contributed by atoms with Crippen LogP contribution in [0, 0.1) is 10.1 Å². The molecule has 110 valence electrons. The quantitative estimate of drug-likeness (QED) is 0.571. The molecule has 0 saturated carbocycles. The minimum atomic E-state index is -4.26. The smallest absolute Gasteiger partial charge is 0.321 e. The van der Waals surface area contributed by atoms with Crippen LogP contribution in [0.2, 0.25) is 0 Å². The first-order chi connectivity index (χ1) is 9.19. The van der Waals surface area contributed by atoms with Gasteiger partial charge in [-0.05, 0) is 13.0 Å². The van der Waals surface area contributed by atoms with Crippen molar-refractivity contribution in [2.75, 3.05) is 7.11 Å². The minimum absolute atomic E-state index is 0.124. The second-order valence-corrected chi connectivity index (χ2v) is 5.46. The average molecular weight is 304 g/mol. The van der Waals surface area contributed by atoms with Gasteiger partial charge in [-0.2, -0.15) is 4.72 Å². The molecule has 0 radical (unpaired) electrons. The molecular weight excluding hydrogens is 292 g/mol. The number of hydrogen-bond acceptors (Lipinski definition) is 6. The zero-order chi connectivity index (χ0) is 15.5. The van der Waals surface area contributed by atoms with Gasteiger partial charge in [0.1, 0.15) is 16.7 Å². The molecule has 1 aromatic carbocycles. The fourth-order valence-electron chi connectivity index (χ4n) is 1.34. The maximum Gasteiger partial charge on any atom is 0.321 e. The highest BCUT2D eigenvalue weighted by atomic mass is 32.2. The average Bonchev–Trinajstić information content (AvgIpc) is 2.37. The number of carbonyl (C=O) groups is 1. The second kappa shape index (κ2) is 5.84. The second-order valence-electron chi connectivity index (χ2n) is 3.77. The van der Waals surface area contributed by atoms with Gasteiger partial charge in [0.15, 0.2) is 0 Å². The molecule has 1 rings (SSSR count). The van der Waals surface area contributed by atoms with E-state index in [9.17, 15) is 23.3 Å². The molecule has 0 amide bonds. The van der Waals surface area contributed by atoms with E-state index in [-0.39, 0.29) is 5.75 Å². The summed E-state index contributed by atoms with van der Waals surface area (Å²) in [5.41, 5.74) is -0.450. The van der Waals surface area contributed by atoms with Crippen LogP contribution in [0.15, 0.2) is 23.1 Å². The molecular formula is C10H12N2O7S. The van der Waals surface area contributed by atoms with Crippen molar-refractivity contribution >= 4 is 21.7 Å². The topological polar surface area (TPSA) is 136 Å². The van der Waals surface area contributed by atoms with Gasteiger partial charge in [0.2, 0.25) is 10.0 Å². The molecule has 0 aliphatic rings. The van der Waals surface area contributed by atoms with E-state index in [0.29, 0.717) is 0 Å². The van der Waals surface area contributed by atoms with Gasteiger partial charge in [-0.25, -0.2) is 8.42 Å². The van der Waals surface area contributed by atoms with Crippen LogP contribution in [0.1, 0.15) is 6.92 Å². The summed E-state index contributed by atoms with van der Waals surface area (Å²) in [7, 11) is -3.07. The molecule has 2 N–H and O–H groups in total. The van der Waals surface area contributed by atoms with Gasteiger partial charge in [0.05, 0.1) is 12.0 Å². The van der Waals surface area contributed by atoms with Crippen molar-refractivity contribution in [3.63, 3.8) is 0 Å². The third-order valence-corrected chi connectivity index (χ3v) is 3.91. The largest absolute Gasteiger partial charge is 0.495 e. The Bertz CT molecular complexity index is 641. The van der Waals surface area contributed by atoms with Crippen molar-refractivity contribution in [1.82, 2.24) is 4.72 Å². The molecule has 20 heavy (non-hydrogen) atoms. The Morgan fingerprint density at radius 2 is 2.10 bits per heavy atom. The molecule has 9 nitrogen and oxygen atoms in total. The molecule has 0 spiro atoms. The van der Waals surface area contributed by atoms with Gasteiger partial charge in [-0.1, -0.05) is 0 Å². The molecule has 0 saturated heterocycles. The van der Waals surface area contributed by atoms with E-state index in [2.05, 4.69) is 0 Å². The number of carboxylic acids is 1. The maximum absolute atomic E-state index is 12.0. The first-order valence-electron chi connectivity index (χ1n) is 5.26. The predicted octanol–water partition coefficient (Wildman–Crippen LogP) is 0.355. The number of sulfonamides is 1. The van der Waals surface area contributed by atoms with Crippen molar-refractivity contribution in [2.24, 2.45) is 0 Å². The lowest BCUT2D eigenvalue weighted by atomic mass is 10.3. The molecule has 0 aliphatic heterocycles. The zero-order valence-corrected chi connectivity index (χ0v) is 11.4. The van der Waals surface area contributed by atoms with Gasteiger partial charge >= 0.3 is 5.97 Å². The molecule has 0 aromatic heterocycles. The lowest BCUT2D eigenvalue weighted by Gasteiger charge is -2.12. The summed E-state index contributed by atoms with van der Waals surface area (Å²) in [5.74, 6) is -1.50. The Morgan fingerprint density at radius 1 is 1.50 bits per heavy atom. The number of carboxylic acid groups (broad SMARTS) is 1. The van der Waals surface area contributed by atoms with Crippen molar-refractivity contribution < 1.29 is 28.0 Å². The predicted molar refractivity (Wildman–Crippen MR) is 67.1 cm³/mol. The highest BCUT2D eigenvalue weighted by molar-refractivity contribution is 7.89. The van der Waals surface area contributed by atoms with Gasteiger partial charge in [-0.15, -0.1) is 0 Å². The highest BCUT2D eigenvalue weighted by Gasteiger charge is 2.26. The number of nitrogens with zero attached hydrogens (tertiary/aromatic N) is 1. The number of methoxy groups -OCH3 is 1. The first kappa shape index (κ1) is 15.9. The molecule has 0 bridgehead atoms. The number of nitro benzene ring substituents is 1. The summed E-state index contributed by atoms with van der Waals surface area (Å²) in [4.78, 5) is 20.1. The van der Waals surface area contributed by atoms with E-state index in [1.54, 1.807) is 0 Å². The fraction of sp³-hybridized carbons (Fsp3) is 0.300. The summed E-state index contributed by atoms with van der Waals surface area (Å²) in [5, 5.41) is 19.4. The lowest BCUT2D eigenvalue weighted by molar-refractivity contribution is -0.385. The molecule has 0 aliphatic carbocycles. The van der Waals surface area contributed by atoms with E-state index < -0.39 is 37.5 Å². The van der Waals surface area contributed by atoms with Gasteiger partial charge in [0, 0.05) is 12.1 Å². The standard InChI is InChI=1S/C10H12N2O7S/c1-6(10(13)14)11-20(17,18)9-5-7(12(15)16)3-4-8(9)19-2/h3-6,11H,1-2H3,(H,13,14). The van der Waals surface area contributed by atoms with Crippen LogP contribution in [-0.4, -0.2) is 37.6 Å². The van der Waals surface area contributed by atoms with Crippen LogP contribution in [0.3, 0.4) is 0 Å². The fourth-order valence-corrected chi connectivity index (χ4v) is 2.72. The van der Waals surface area contributed by atoms with Crippen LogP contribution >= 0.6 is 0 Å². The van der Waals surface area contributed by atoms with Crippen LogP contribution in [0.25, 0.3) is 0 Å². The Balaban J connectivity index is 3.31. The summed E-state index contributed by atoms with van der Waals surface area (Å²) >= 11 is 0. The minimum Gasteiger partial charge on any atom is -0.495 e. The number of nitro groups is 1. The number of aliphatic carboxylic acids is 1. The zero-order valence-electron chi connectivity index (χ0n) is 10.6. The van der Waals surface area contributed by atoms with E-state index >= 15 is 0 Å². The SMILES string of the molecule is COc1ccc([N+](=O)[O-])cc1S(=O)(=O)NC(C)C(=O)O. The lowest BCUT2D eigenvalue weighted by Crippen LogP contribution is -2.38. The molecule has 1 atom stereocenters. The van der Waals surface area contributed by atoms with E-state index in [4.69, 9.17) is 9.84 Å². The Labute approximate surface area is 114 Å². The van der Waals surface area contributed by atoms with Crippen molar-refractivity contribution in [3.05, 3.63) is 28.3 Å². The summed E-state index contributed by atoms with van der Waals surface area (Å²) in [6.07, 6.45) is 0. The van der Waals surface area contributed by atoms with Gasteiger partial charge < -0.3 is 9.84 Å². The Morgan fingerprint density at radius 3 is 2.55 bits per heavy atom. The number of benzene rings is 1. The van der Waals surface area contributed by atoms with Crippen molar-refractivity contribution in [3.8, 4) is 5.75 Å². The van der Waals surface area contributed by atoms with E-state index in [1.165, 1.54) is 7.11 Å². The highest BCUT2D eigenvalue weighted by Crippen LogP contribution is 2.28. The Hall–Kier alpha value is -2.20. The van der Waals surface area contributed by atoms with Gasteiger partial charge in [-0.3, -0.25) is 14.9 Å². The summed E-state index contributed by atoms with van der Waals surface area (Å²) < 4.78 is 30.8. The molecule has 0 heterocycles. The number of nitrogens with one attached hydrogen (secondary N) is 1. The van der Waals surface area contributed by atoms with Crippen molar-refractivity contribution in [1.29, 1.82) is 0 Å². The number of non-ortho nitro benzene ring substituents is 1. The molecule has 10 heteroatoms. The van der Waals surface area contributed by atoms with Crippen LogP contribution in [0.5, 0.6) is 5.75 Å². The summed E-state index contributed by atoms with van der Waals surface area (Å²) in [6.45, 7) is 1.13. The third-order valence-electron chi connectivity index (χ3n) is 2.35. The van der Waals surface area contributed by atoms with Crippen LogP contribution in [-0.2, 0) is 14.8 Å². The number of ether oxygens (including phenoxy) is 1. The molecule has 0 fully saturated rings. The van der Waals surface area contributed by atoms with E-state index in [0.717, 1.165) is 25.1 Å². The van der Waals surface area contributed by atoms with Crippen LogP contribution in [0.4, 0.5) is 5.69 Å². The monoisotopic (exact) mass is 304 g/mol. The molecule has 1 aromatic rings. The number of rotatable bonds is 6. The number of hydrogen-bond donors (Lipinski definition) is 2. The van der Waals surface area contributed by atoms with Crippen molar-refractivity contribution in [2.45, 2.75) is 17.9 Å². The molecule has 1 unspecified atom stereocenters. The first-order valence-corrected chi connectivity index (χ1v) is 6.75. The van der Waals surface area contributed by atoms with Gasteiger partial charge in [0.25, 0.3) is 5.69 Å². The maximum atomic E-state index is 12.0.